The lowest BCUT2D eigenvalue weighted by Gasteiger charge is -2.15. The second kappa shape index (κ2) is 6.51. The lowest BCUT2D eigenvalue weighted by molar-refractivity contribution is 0.0948. The maximum atomic E-state index is 12.7. The number of rotatable bonds is 3. The van der Waals surface area contributed by atoms with Crippen molar-refractivity contribution in [3.8, 4) is 0 Å². The van der Waals surface area contributed by atoms with Gasteiger partial charge in [-0.1, -0.05) is 18.2 Å². The topological polar surface area (TPSA) is 74.8 Å². The molecule has 0 saturated carbocycles. The Morgan fingerprint density at radius 1 is 1.08 bits per heavy atom. The molecule has 1 heterocycles. The Balaban J connectivity index is 1.88. The van der Waals surface area contributed by atoms with E-state index in [2.05, 4.69) is 21.4 Å². The van der Waals surface area contributed by atoms with Crippen LogP contribution in [0.4, 0.5) is 0 Å². The number of para-hydroxylation sites is 1. The van der Waals surface area contributed by atoms with Gasteiger partial charge in [0.1, 0.15) is 5.82 Å². The molecule has 128 valence electrons. The minimum absolute atomic E-state index is 0.155. The van der Waals surface area contributed by atoms with E-state index < -0.39 is 0 Å². The van der Waals surface area contributed by atoms with Crippen molar-refractivity contribution in [1.29, 1.82) is 0 Å². The maximum Gasteiger partial charge on any atom is 0.258 e. The van der Waals surface area contributed by atoms with Gasteiger partial charge in [-0.2, -0.15) is 0 Å². The smallest absolute Gasteiger partial charge is 0.258 e. The number of hydrogen-bond acceptors (Lipinski definition) is 3. The first-order valence-electron chi connectivity index (χ1n) is 8.22. The van der Waals surface area contributed by atoms with Gasteiger partial charge in [-0.25, -0.2) is 4.98 Å². The van der Waals surface area contributed by atoms with E-state index in [1.807, 2.05) is 33.8 Å². The molecule has 2 N–H and O–H groups in total. The Morgan fingerprint density at radius 2 is 1.72 bits per heavy atom. The Kier molecular flexibility index (Phi) is 4.40. The highest BCUT2D eigenvalue weighted by molar-refractivity contribution is 5.97. The van der Waals surface area contributed by atoms with E-state index in [4.69, 9.17) is 0 Å². The first-order chi connectivity index (χ1) is 11.9. The van der Waals surface area contributed by atoms with Gasteiger partial charge in [0, 0.05) is 5.56 Å². The van der Waals surface area contributed by atoms with Crippen LogP contribution < -0.4 is 10.9 Å². The highest BCUT2D eigenvalue weighted by atomic mass is 16.1. The first kappa shape index (κ1) is 16.9. The summed E-state index contributed by atoms with van der Waals surface area (Å²) in [6.07, 6.45) is 0. The van der Waals surface area contributed by atoms with Gasteiger partial charge in [0.2, 0.25) is 0 Å². The van der Waals surface area contributed by atoms with Gasteiger partial charge < -0.3 is 10.3 Å². The van der Waals surface area contributed by atoms with E-state index in [-0.39, 0.29) is 18.0 Å². The summed E-state index contributed by atoms with van der Waals surface area (Å²) in [5, 5.41) is 3.41. The number of H-pyrrole nitrogens is 1. The van der Waals surface area contributed by atoms with Crippen LogP contribution in [0.15, 0.2) is 35.1 Å². The van der Waals surface area contributed by atoms with Crippen LogP contribution in [-0.2, 0) is 6.54 Å². The standard InChI is InChI=1S/C20H21N3O2/c1-11-9-12(2)14(4)18(13(11)3)20(25)21-10-17-22-16-8-6-5-7-15(16)19(24)23-17/h5-9H,10H2,1-4H3,(H,21,25)(H,22,23,24). The molecule has 3 rings (SSSR count). The van der Waals surface area contributed by atoms with Crippen molar-refractivity contribution in [2.24, 2.45) is 0 Å². The van der Waals surface area contributed by atoms with Crippen LogP contribution in [0.5, 0.6) is 0 Å². The number of carbonyl (C=O) groups excluding carboxylic acids is 1. The van der Waals surface area contributed by atoms with Crippen molar-refractivity contribution in [3.05, 3.63) is 74.3 Å². The van der Waals surface area contributed by atoms with E-state index >= 15 is 0 Å². The minimum atomic E-state index is -0.200. The quantitative estimate of drug-likeness (QED) is 0.772. The number of carbonyl (C=O) groups is 1. The number of aryl methyl sites for hydroxylation is 2. The third-order valence-electron chi connectivity index (χ3n) is 4.67. The predicted molar refractivity (Wildman–Crippen MR) is 98.9 cm³/mol. The van der Waals surface area contributed by atoms with Crippen molar-refractivity contribution in [2.45, 2.75) is 34.2 Å². The molecule has 0 aliphatic heterocycles. The average molecular weight is 335 g/mol. The van der Waals surface area contributed by atoms with Crippen LogP contribution in [0, 0.1) is 27.7 Å². The van der Waals surface area contributed by atoms with Gasteiger partial charge >= 0.3 is 0 Å². The first-order valence-corrected chi connectivity index (χ1v) is 8.22. The molecule has 0 saturated heterocycles. The molecule has 0 bridgehead atoms. The van der Waals surface area contributed by atoms with Crippen LogP contribution in [0.25, 0.3) is 10.9 Å². The van der Waals surface area contributed by atoms with Crippen molar-refractivity contribution in [3.63, 3.8) is 0 Å². The Morgan fingerprint density at radius 3 is 2.40 bits per heavy atom. The second-order valence-corrected chi connectivity index (χ2v) is 6.35. The summed E-state index contributed by atoms with van der Waals surface area (Å²) >= 11 is 0. The summed E-state index contributed by atoms with van der Waals surface area (Å²) in [6, 6.07) is 9.23. The van der Waals surface area contributed by atoms with Crippen molar-refractivity contribution < 1.29 is 4.79 Å². The number of hydrogen-bond donors (Lipinski definition) is 2. The third kappa shape index (κ3) is 3.18. The van der Waals surface area contributed by atoms with Gasteiger partial charge in [-0.05, 0) is 62.1 Å². The molecule has 0 spiro atoms. The molecule has 5 heteroatoms. The fraction of sp³-hybridized carbons (Fsp3) is 0.250. The van der Waals surface area contributed by atoms with E-state index in [0.717, 1.165) is 22.3 Å². The highest BCUT2D eigenvalue weighted by Crippen LogP contribution is 2.21. The summed E-state index contributed by atoms with van der Waals surface area (Å²) < 4.78 is 0. The molecular weight excluding hydrogens is 314 g/mol. The normalized spacial score (nSPS) is 10.9. The second-order valence-electron chi connectivity index (χ2n) is 6.35. The third-order valence-corrected chi connectivity index (χ3v) is 4.67. The maximum absolute atomic E-state index is 12.7. The molecule has 3 aromatic rings. The number of fused-ring (bicyclic) bond motifs is 1. The molecule has 0 unspecified atom stereocenters. The number of nitrogens with zero attached hydrogens (tertiary/aromatic N) is 1. The van der Waals surface area contributed by atoms with Crippen LogP contribution in [-0.4, -0.2) is 15.9 Å². The molecule has 0 aliphatic rings. The fourth-order valence-electron chi connectivity index (χ4n) is 3.03. The van der Waals surface area contributed by atoms with Crippen LogP contribution in [0.2, 0.25) is 0 Å². The molecule has 0 aliphatic carbocycles. The molecule has 1 aromatic heterocycles. The van der Waals surface area contributed by atoms with Gasteiger partial charge in [-0.3, -0.25) is 9.59 Å². The molecule has 2 aromatic carbocycles. The van der Waals surface area contributed by atoms with E-state index in [9.17, 15) is 9.59 Å². The van der Waals surface area contributed by atoms with Gasteiger partial charge in [-0.15, -0.1) is 0 Å². The van der Waals surface area contributed by atoms with Crippen LogP contribution in [0.1, 0.15) is 38.4 Å². The van der Waals surface area contributed by atoms with E-state index in [1.54, 1.807) is 18.2 Å². The highest BCUT2D eigenvalue weighted by Gasteiger charge is 2.16. The van der Waals surface area contributed by atoms with Crippen LogP contribution >= 0.6 is 0 Å². The Hall–Kier alpha value is -2.95. The van der Waals surface area contributed by atoms with Crippen molar-refractivity contribution in [1.82, 2.24) is 15.3 Å². The average Bonchev–Trinajstić information content (AvgIpc) is 2.58. The number of aromatic nitrogens is 2. The number of amides is 1. The SMILES string of the molecule is Cc1cc(C)c(C)c(C(=O)NCc2nc3ccccc3c(=O)[nH]2)c1C. The zero-order chi connectivity index (χ0) is 18.1. The van der Waals surface area contributed by atoms with E-state index in [1.165, 1.54) is 0 Å². The molecule has 0 fully saturated rings. The summed E-state index contributed by atoms with van der Waals surface area (Å²) in [4.78, 5) is 31.9. The largest absolute Gasteiger partial charge is 0.345 e. The lowest BCUT2D eigenvalue weighted by Crippen LogP contribution is -2.27. The molecule has 1 amide bonds. The van der Waals surface area contributed by atoms with E-state index in [0.29, 0.717) is 22.3 Å². The van der Waals surface area contributed by atoms with Crippen molar-refractivity contribution >= 4 is 16.8 Å². The molecule has 0 radical (unpaired) electrons. The predicted octanol–water partition coefficient (Wildman–Crippen LogP) is 3.09. The minimum Gasteiger partial charge on any atom is -0.345 e. The lowest BCUT2D eigenvalue weighted by atomic mass is 9.94. The molecular formula is C20H21N3O2. The summed E-state index contributed by atoms with van der Waals surface area (Å²) in [5.41, 5.74) is 5.24. The number of nitrogens with one attached hydrogen (secondary N) is 2. The Labute approximate surface area is 146 Å². The monoisotopic (exact) mass is 335 g/mol. The van der Waals surface area contributed by atoms with Gasteiger partial charge in [0.25, 0.3) is 11.5 Å². The zero-order valence-corrected chi connectivity index (χ0v) is 14.9. The summed E-state index contributed by atoms with van der Waals surface area (Å²) in [6.45, 7) is 8.08. The number of aromatic amines is 1. The summed E-state index contributed by atoms with van der Waals surface area (Å²) in [5.74, 6) is 0.286. The molecule has 5 nitrogen and oxygen atoms in total. The van der Waals surface area contributed by atoms with Crippen LogP contribution in [0.3, 0.4) is 0 Å². The van der Waals surface area contributed by atoms with Gasteiger partial charge in [0.15, 0.2) is 0 Å². The summed E-state index contributed by atoms with van der Waals surface area (Å²) in [7, 11) is 0. The van der Waals surface area contributed by atoms with Gasteiger partial charge in [0.05, 0.1) is 17.4 Å². The zero-order valence-electron chi connectivity index (χ0n) is 14.9. The number of benzene rings is 2. The molecule has 25 heavy (non-hydrogen) atoms. The molecule has 0 atom stereocenters. The fourth-order valence-corrected chi connectivity index (χ4v) is 3.03. The van der Waals surface area contributed by atoms with Crippen molar-refractivity contribution in [2.75, 3.05) is 0 Å². The Bertz CT molecular complexity index is 1010.